The molecule has 0 spiro atoms. The van der Waals surface area contributed by atoms with Crippen LogP contribution in [0.3, 0.4) is 0 Å². The number of alkyl halides is 3. The van der Waals surface area contributed by atoms with Crippen molar-refractivity contribution in [3.63, 3.8) is 0 Å². The van der Waals surface area contributed by atoms with Gasteiger partial charge in [-0.05, 0) is 23.8 Å². The zero-order valence-corrected chi connectivity index (χ0v) is 12.2. The quantitative estimate of drug-likeness (QED) is 0.937. The van der Waals surface area contributed by atoms with E-state index in [-0.39, 0.29) is 10.5 Å². The summed E-state index contributed by atoms with van der Waals surface area (Å²) in [5.41, 5.74) is 4.18. The summed E-state index contributed by atoms with van der Waals surface area (Å²) < 4.78 is 64.5. The van der Waals surface area contributed by atoms with Gasteiger partial charge in [-0.3, -0.25) is 0 Å². The summed E-state index contributed by atoms with van der Waals surface area (Å²) in [6.45, 7) is -0.440. The molecule has 0 aliphatic carbocycles. The minimum absolute atomic E-state index is 0.0533. The summed E-state index contributed by atoms with van der Waals surface area (Å²) in [6.07, 6.45) is -4.64. The van der Waals surface area contributed by atoms with E-state index in [4.69, 9.17) is 5.73 Å². The maximum absolute atomic E-state index is 13.1. The van der Waals surface area contributed by atoms with Crippen LogP contribution in [-0.4, -0.2) is 15.0 Å². The summed E-state index contributed by atoms with van der Waals surface area (Å²) in [7, 11) is -4.01. The van der Waals surface area contributed by atoms with Gasteiger partial charge >= 0.3 is 6.18 Å². The lowest BCUT2D eigenvalue weighted by molar-refractivity contribution is -0.138. The molecule has 2 rings (SSSR count). The first kappa shape index (κ1) is 16.5. The number of nitrogens with two attached hydrogens (primary N) is 1. The van der Waals surface area contributed by atoms with Crippen LogP contribution in [0.1, 0.15) is 16.4 Å². The monoisotopic (exact) mass is 329 g/mol. The van der Waals surface area contributed by atoms with Gasteiger partial charge in [0, 0.05) is 6.54 Å². The molecule has 2 aromatic carbocycles. The Morgan fingerprint density at radius 3 is 2.05 bits per heavy atom. The van der Waals surface area contributed by atoms with Gasteiger partial charge in [-0.15, -0.1) is 0 Å². The molecule has 0 radical (unpaired) electrons. The van der Waals surface area contributed by atoms with Crippen molar-refractivity contribution in [1.82, 2.24) is 0 Å². The van der Waals surface area contributed by atoms with Crippen molar-refractivity contribution in [2.75, 3.05) is 6.54 Å². The summed E-state index contributed by atoms with van der Waals surface area (Å²) in [6, 6.07) is 11.9. The van der Waals surface area contributed by atoms with Gasteiger partial charge in [0.15, 0.2) is 9.84 Å². The second-order valence-electron chi connectivity index (χ2n) is 4.67. The third-order valence-electron chi connectivity index (χ3n) is 3.27. The molecule has 0 saturated heterocycles. The molecular formula is C15H14F3NO2S. The van der Waals surface area contributed by atoms with E-state index in [2.05, 4.69) is 0 Å². The van der Waals surface area contributed by atoms with Crippen LogP contribution in [0.15, 0.2) is 59.5 Å². The molecule has 118 valence electrons. The van der Waals surface area contributed by atoms with Crippen molar-refractivity contribution in [3.8, 4) is 0 Å². The molecule has 7 heteroatoms. The van der Waals surface area contributed by atoms with Gasteiger partial charge in [0.2, 0.25) is 0 Å². The SMILES string of the molecule is NC[C@H](c1ccccc1C(F)(F)F)S(=O)(=O)c1ccccc1. The first-order chi connectivity index (χ1) is 10.3. The highest BCUT2D eigenvalue weighted by Gasteiger charge is 2.38. The zero-order valence-electron chi connectivity index (χ0n) is 11.4. The molecule has 0 unspecified atom stereocenters. The molecule has 0 amide bonds. The van der Waals surface area contributed by atoms with Gasteiger partial charge in [-0.2, -0.15) is 13.2 Å². The Labute approximate surface area is 126 Å². The van der Waals surface area contributed by atoms with E-state index in [1.54, 1.807) is 6.07 Å². The van der Waals surface area contributed by atoms with Crippen LogP contribution in [-0.2, 0) is 16.0 Å². The maximum atomic E-state index is 13.1. The summed E-state index contributed by atoms with van der Waals surface area (Å²) in [4.78, 5) is -0.0533. The van der Waals surface area contributed by atoms with Crippen LogP contribution >= 0.6 is 0 Å². The van der Waals surface area contributed by atoms with Crippen molar-refractivity contribution in [2.24, 2.45) is 5.73 Å². The molecule has 0 aliphatic rings. The van der Waals surface area contributed by atoms with Gasteiger partial charge in [0.05, 0.1) is 10.5 Å². The highest BCUT2D eigenvalue weighted by molar-refractivity contribution is 7.91. The number of halogens is 3. The van der Waals surface area contributed by atoms with Crippen LogP contribution in [0.4, 0.5) is 13.2 Å². The smallest absolute Gasteiger partial charge is 0.329 e. The first-order valence-corrected chi connectivity index (χ1v) is 7.98. The minimum Gasteiger partial charge on any atom is -0.329 e. The number of rotatable bonds is 4. The normalized spacial score (nSPS) is 13.8. The fourth-order valence-electron chi connectivity index (χ4n) is 2.23. The van der Waals surface area contributed by atoms with Crippen molar-refractivity contribution in [2.45, 2.75) is 16.3 Å². The second kappa shape index (κ2) is 6.10. The largest absolute Gasteiger partial charge is 0.416 e. The highest BCUT2D eigenvalue weighted by atomic mass is 32.2. The van der Waals surface area contributed by atoms with E-state index in [1.165, 1.54) is 36.4 Å². The lowest BCUT2D eigenvalue weighted by Gasteiger charge is -2.20. The predicted octanol–water partition coefficient (Wildman–Crippen LogP) is 3.18. The van der Waals surface area contributed by atoms with E-state index in [0.29, 0.717) is 0 Å². The number of benzene rings is 2. The molecule has 1 atom stereocenters. The Kier molecular flexibility index (Phi) is 4.58. The fraction of sp³-hybridized carbons (Fsp3) is 0.200. The standard InChI is InChI=1S/C15H14F3NO2S/c16-15(17,18)13-9-5-4-8-12(13)14(10-19)22(20,21)11-6-2-1-3-7-11/h1-9,14H,10,19H2/t14-/m1/s1. The Balaban J connectivity index is 2.60. The van der Waals surface area contributed by atoms with Crippen molar-refractivity contribution in [3.05, 3.63) is 65.7 Å². The van der Waals surface area contributed by atoms with Gasteiger partial charge in [0.1, 0.15) is 5.25 Å². The number of sulfone groups is 1. The highest BCUT2D eigenvalue weighted by Crippen LogP contribution is 2.38. The Bertz CT molecular complexity index is 743. The molecule has 0 fully saturated rings. The molecule has 22 heavy (non-hydrogen) atoms. The van der Waals surface area contributed by atoms with Crippen LogP contribution in [0, 0.1) is 0 Å². The van der Waals surface area contributed by atoms with E-state index in [0.717, 1.165) is 12.1 Å². The second-order valence-corrected chi connectivity index (χ2v) is 6.80. The Morgan fingerprint density at radius 1 is 0.955 bits per heavy atom. The van der Waals surface area contributed by atoms with Crippen LogP contribution < -0.4 is 5.73 Å². The zero-order chi connectivity index (χ0) is 16.4. The third kappa shape index (κ3) is 3.15. The van der Waals surface area contributed by atoms with Gasteiger partial charge in [-0.1, -0.05) is 36.4 Å². The number of hydrogen-bond donors (Lipinski definition) is 1. The van der Waals surface area contributed by atoms with Gasteiger partial charge in [-0.25, -0.2) is 8.42 Å². The van der Waals surface area contributed by atoms with Gasteiger partial charge in [0.25, 0.3) is 0 Å². The van der Waals surface area contributed by atoms with Crippen molar-refractivity contribution in [1.29, 1.82) is 0 Å². The Hall–Kier alpha value is -1.86. The maximum Gasteiger partial charge on any atom is 0.416 e. The molecule has 2 N–H and O–H groups in total. The third-order valence-corrected chi connectivity index (χ3v) is 5.40. The minimum atomic E-state index is -4.64. The molecule has 0 saturated carbocycles. The Morgan fingerprint density at radius 2 is 1.50 bits per heavy atom. The summed E-state index contributed by atoms with van der Waals surface area (Å²) in [5, 5.41) is -1.45. The number of hydrogen-bond acceptors (Lipinski definition) is 3. The summed E-state index contributed by atoms with van der Waals surface area (Å²) >= 11 is 0. The molecule has 3 nitrogen and oxygen atoms in total. The average molecular weight is 329 g/mol. The van der Waals surface area contributed by atoms with E-state index in [9.17, 15) is 21.6 Å². The molecule has 2 aromatic rings. The van der Waals surface area contributed by atoms with Crippen LogP contribution in [0.5, 0.6) is 0 Å². The average Bonchev–Trinajstić information content (AvgIpc) is 2.48. The molecule has 0 bridgehead atoms. The molecular weight excluding hydrogens is 315 g/mol. The summed E-state index contributed by atoms with van der Waals surface area (Å²) in [5.74, 6) is 0. The van der Waals surface area contributed by atoms with Crippen LogP contribution in [0.2, 0.25) is 0 Å². The topological polar surface area (TPSA) is 60.2 Å². The molecule has 0 aromatic heterocycles. The fourth-order valence-corrected chi connectivity index (χ4v) is 3.89. The van der Waals surface area contributed by atoms with E-state index >= 15 is 0 Å². The van der Waals surface area contributed by atoms with E-state index < -0.39 is 33.4 Å². The first-order valence-electron chi connectivity index (χ1n) is 6.43. The van der Waals surface area contributed by atoms with Crippen LogP contribution in [0.25, 0.3) is 0 Å². The predicted molar refractivity (Wildman–Crippen MR) is 76.9 cm³/mol. The van der Waals surface area contributed by atoms with Crippen molar-refractivity contribution < 1.29 is 21.6 Å². The lowest BCUT2D eigenvalue weighted by Crippen LogP contribution is -2.25. The van der Waals surface area contributed by atoms with E-state index in [1.807, 2.05) is 0 Å². The van der Waals surface area contributed by atoms with Gasteiger partial charge < -0.3 is 5.73 Å². The molecule has 0 heterocycles. The molecule has 0 aliphatic heterocycles. The van der Waals surface area contributed by atoms with Crippen molar-refractivity contribution >= 4 is 9.84 Å². The lowest BCUT2D eigenvalue weighted by atomic mass is 10.0.